The Morgan fingerprint density at radius 1 is 1.36 bits per heavy atom. The second-order valence-corrected chi connectivity index (χ2v) is 5.26. The highest BCUT2D eigenvalue weighted by Gasteiger charge is 2.24. The van der Waals surface area contributed by atoms with Gasteiger partial charge in [0.25, 0.3) is 0 Å². The smallest absolute Gasteiger partial charge is 0.407 e. The van der Waals surface area contributed by atoms with E-state index in [0.717, 1.165) is 18.8 Å². The van der Waals surface area contributed by atoms with E-state index in [1.165, 1.54) is 6.42 Å². The summed E-state index contributed by atoms with van der Waals surface area (Å²) < 4.78 is 5.18. The van der Waals surface area contributed by atoms with Gasteiger partial charge in [0.05, 0.1) is 0 Å². The number of rotatable bonds is 1. The molecule has 0 spiro atoms. The molecule has 1 fully saturated rings. The molecule has 1 N–H and O–H groups in total. The standard InChI is InChI=1S/C11H21NO2/c1-8-5-6-9(7-8)12-10(13)14-11(2,3)4/h8-9H,5-7H2,1-4H3,(H,12,13)/t8?,9-/m1/s1. The minimum atomic E-state index is -0.395. The van der Waals surface area contributed by atoms with Gasteiger partial charge in [0, 0.05) is 6.04 Å². The summed E-state index contributed by atoms with van der Waals surface area (Å²) in [6.07, 6.45) is 3.09. The average molecular weight is 199 g/mol. The van der Waals surface area contributed by atoms with Gasteiger partial charge in [0.2, 0.25) is 0 Å². The number of hydrogen-bond donors (Lipinski definition) is 1. The van der Waals surface area contributed by atoms with Crippen LogP contribution in [0.5, 0.6) is 0 Å². The van der Waals surface area contributed by atoms with E-state index in [1.807, 2.05) is 20.8 Å². The van der Waals surface area contributed by atoms with Crippen LogP contribution in [-0.4, -0.2) is 17.7 Å². The van der Waals surface area contributed by atoms with Crippen molar-refractivity contribution in [2.24, 2.45) is 5.92 Å². The third-order valence-corrected chi connectivity index (χ3v) is 2.42. The number of carbonyl (C=O) groups excluding carboxylic acids is 1. The van der Waals surface area contributed by atoms with Gasteiger partial charge < -0.3 is 10.1 Å². The zero-order valence-corrected chi connectivity index (χ0v) is 9.59. The van der Waals surface area contributed by atoms with Crippen LogP contribution in [0.25, 0.3) is 0 Å². The number of alkyl carbamates (subject to hydrolysis) is 1. The Balaban J connectivity index is 2.27. The Morgan fingerprint density at radius 3 is 2.43 bits per heavy atom. The highest BCUT2D eigenvalue weighted by molar-refractivity contribution is 5.68. The topological polar surface area (TPSA) is 38.3 Å². The first-order valence-corrected chi connectivity index (χ1v) is 5.36. The zero-order chi connectivity index (χ0) is 10.8. The largest absolute Gasteiger partial charge is 0.444 e. The van der Waals surface area contributed by atoms with E-state index >= 15 is 0 Å². The lowest BCUT2D eigenvalue weighted by Crippen LogP contribution is -2.37. The van der Waals surface area contributed by atoms with E-state index in [0.29, 0.717) is 6.04 Å². The molecular formula is C11H21NO2. The van der Waals surface area contributed by atoms with Crippen molar-refractivity contribution in [1.29, 1.82) is 0 Å². The van der Waals surface area contributed by atoms with E-state index in [4.69, 9.17) is 4.74 Å². The van der Waals surface area contributed by atoms with Crippen LogP contribution in [0, 0.1) is 5.92 Å². The second kappa shape index (κ2) is 4.20. The lowest BCUT2D eigenvalue weighted by atomic mass is 10.1. The van der Waals surface area contributed by atoms with Gasteiger partial charge in [-0.1, -0.05) is 6.92 Å². The third kappa shape index (κ3) is 3.99. The Bertz CT molecular complexity index is 208. The minimum Gasteiger partial charge on any atom is -0.444 e. The monoisotopic (exact) mass is 199 g/mol. The zero-order valence-electron chi connectivity index (χ0n) is 9.59. The normalized spacial score (nSPS) is 27.4. The summed E-state index contributed by atoms with van der Waals surface area (Å²) in [5.41, 5.74) is -0.395. The fourth-order valence-electron chi connectivity index (χ4n) is 1.81. The molecular weight excluding hydrogens is 178 g/mol. The van der Waals surface area contributed by atoms with Crippen LogP contribution in [-0.2, 0) is 4.74 Å². The van der Waals surface area contributed by atoms with Gasteiger partial charge in [-0.05, 0) is 46.0 Å². The molecule has 3 heteroatoms. The fraction of sp³-hybridized carbons (Fsp3) is 0.909. The van der Waals surface area contributed by atoms with E-state index in [1.54, 1.807) is 0 Å². The predicted octanol–water partition coefficient (Wildman–Crippen LogP) is 2.70. The highest BCUT2D eigenvalue weighted by atomic mass is 16.6. The highest BCUT2D eigenvalue weighted by Crippen LogP contribution is 2.24. The SMILES string of the molecule is CC1CC[C@@H](NC(=O)OC(C)(C)C)C1. The maximum atomic E-state index is 11.4. The molecule has 0 aromatic heterocycles. The number of carbonyl (C=O) groups is 1. The first-order chi connectivity index (χ1) is 6.37. The van der Waals surface area contributed by atoms with Crippen molar-refractivity contribution < 1.29 is 9.53 Å². The summed E-state index contributed by atoms with van der Waals surface area (Å²) in [6, 6.07) is 0.319. The number of ether oxygens (including phenoxy) is 1. The molecule has 2 atom stereocenters. The van der Waals surface area contributed by atoms with Gasteiger partial charge in [-0.3, -0.25) is 0 Å². The molecule has 0 aromatic carbocycles. The summed E-state index contributed by atoms with van der Waals surface area (Å²) in [5, 5.41) is 2.90. The summed E-state index contributed by atoms with van der Waals surface area (Å²) in [4.78, 5) is 11.4. The van der Waals surface area contributed by atoms with Gasteiger partial charge >= 0.3 is 6.09 Å². The molecule has 0 radical (unpaired) electrons. The van der Waals surface area contributed by atoms with Crippen molar-refractivity contribution >= 4 is 6.09 Å². The van der Waals surface area contributed by atoms with Crippen molar-refractivity contribution in [2.75, 3.05) is 0 Å². The van der Waals surface area contributed by atoms with E-state index in [2.05, 4.69) is 12.2 Å². The van der Waals surface area contributed by atoms with E-state index in [9.17, 15) is 4.79 Å². The number of hydrogen-bond acceptors (Lipinski definition) is 2. The van der Waals surface area contributed by atoms with Crippen molar-refractivity contribution in [3.05, 3.63) is 0 Å². The maximum absolute atomic E-state index is 11.4. The van der Waals surface area contributed by atoms with Crippen LogP contribution in [0.1, 0.15) is 47.0 Å². The molecule has 0 bridgehead atoms. The first kappa shape index (κ1) is 11.3. The van der Waals surface area contributed by atoms with Crippen LogP contribution in [0.3, 0.4) is 0 Å². The minimum absolute atomic E-state index is 0.281. The Labute approximate surface area is 86.2 Å². The van der Waals surface area contributed by atoms with Crippen LogP contribution < -0.4 is 5.32 Å². The summed E-state index contributed by atoms with van der Waals surface area (Å²) in [5.74, 6) is 0.731. The van der Waals surface area contributed by atoms with Gasteiger partial charge in [-0.25, -0.2) is 4.79 Å². The van der Waals surface area contributed by atoms with Crippen molar-refractivity contribution in [3.8, 4) is 0 Å². The van der Waals surface area contributed by atoms with Crippen molar-refractivity contribution in [1.82, 2.24) is 5.32 Å². The molecule has 0 saturated heterocycles. The lowest BCUT2D eigenvalue weighted by Gasteiger charge is -2.21. The summed E-state index contributed by atoms with van der Waals surface area (Å²) in [7, 11) is 0. The number of nitrogens with one attached hydrogen (secondary N) is 1. The molecule has 1 amide bonds. The Kier molecular flexibility index (Phi) is 3.40. The molecule has 14 heavy (non-hydrogen) atoms. The molecule has 0 heterocycles. The molecule has 1 aliphatic rings. The van der Waals surface area contributed by atoms with Crippen LogP contribution in [0.15, 0.2) is 0 Å². The predicted molar refractivity (Wildman–Crippen MR) is 56.2 cm³/mol. The molecule has 1 aliphatic carbocycles. The molecule has 1 rings (SSSR count). The fourth-order valence-corrected chi connectivity index (χ4v) is 1.81. The lowest BCUT2D eigenvalue weighted by molar-refractivity contribution is 0.0505. The van der Waals surface area contributed by atoms with Crippen molar-refractivity contribution in [2.45, 2.75) is 58.6 Å². The van der Waals surface area contributed by atoms with Crippen LogP contribution in [0.4, 0.5) is 4.79 Å². The molecule has 3 nitrogen and oxygen atoms in total. The summed E-state index contributed by atoms with van der Waals surface area (Å²) >= 11 is 0. The Hall–Kier alpha value is -0.730. The molecule has 82 valence electrons. The molecule has 1 unspecified atom stereocenters. The van der Waals surface area contributed by atoms with E-state index < -0.39 is 5.60 Å². The van der Waals surface area contributed by atoms with Crippen molar-refractivity contribution in [3.63, 3.8) is 0 Å². The number of amides is 1. The Morgan fingerprint density at radius 2 is 2.00 bits per heavy atom. The van der Waals surface area contributed by atoms with Gasteiger partial charge in [-0.2, -0.15) is 0 Å². The van der Waals surface area contributed by atoms with Gasteiger partial charge in [-0.15, -0.1) is 0 Å². The molecule has 0 aliphatic heterocycles. The average Bonchev–Trinajstić information content (AvgIpc) is 2.30. The van der Waals surface area contributed by atoms with Crippen LogP contribution >= 0.6 is 0 Å². The first-order valence-electron chi connectivity index (χ1n) is 5.36. The van der Waals surface area contributed by atoms with Crippen LogP contribution in [0.2, 0.25) is 0 Å². The van der Waals surface area contributed by atoms with Gasteiger partial charge in [0.15, 0.2) is 0 Å². The second-order valence-electron chi connectivity index (χ2n) is 5.26. The maximum Gasteiger partial charge on any atom is 0.407 e. The quantitative estimate of drug-likeness (QED) is 0.705. The molecule has 1 saturated carbocycles. The third-order valence-electron chi connectivity index (χ3n) is 2.42. The van der Waals surface area contributed by atoms with E-state index in [-0.39, 0.29) is 6.09 Å². The molecule has 0 aromatic rings. The summed E-state index contributed by atoms with van der Waals surface area (Å²) in [6.45, 7) is 7.86. The van der Waals surface area contributed by atoms with Gasteiger partial charge in [0.1, 0.15) is 5.60 Å².